The molecular formula is C2H7NNbO. The van der Waals surface area contributed by atoms with Gasteiger partial charge in [-0.25, -0.2) is 0 Å². The minimum Gasteiger partial charge on any atom is -0.395 e. The topological polar surface area (TPSA) is 46.2 Å². The summed E-state index contributed by atoms with van der Waals surface area (Å²) in [5.74, 6) is 0. The molecule has 0 aliphatic heterocycles. The molecule has 3 heteroatoms. The number of hydrogen-bond donors (Lipinski definition) is 2. The van der Waals surface area contributed by atoms with Gasteiger partial charge in [0.1, 0.15) is 0 Å². The Labute approximate surface area is 46.9 Å². The first-order valence-electron chi connectivity index (χ1n) is 1.22. The van der Waals surface area contributed by atoms with E-state index in [1.807, 2.05) is 0 Å². The van der Waals surface area contributed by atoms with Crippen molar-refractivity contribution >= 4 is 0 Å². The molecule has 0 unspecified atom stereocenters. The Morgan fingerprint density at radius 1 is 1.60 bits per heavy atom. The van der Waals surface area contributed by atoms with Crippen molar-refractivity contribution in [2.45, 2.75) is 0 Å². The molecule has 0 aliphatic rings. The fourth-order valence-electron chi connectivity index (χ4n) is 0. The third-order valence-corrected chi connectivity index (χ3v) is 0.129. The predicted molar refractivity (Wildman–Crippen MR) is 16.1 cm³/mol. The summed E-state index contributed by atoms with van der Waals surface area (Å²) in [6, 6.07) is 0. The summed E-state index contributed by atoms with van der Waals surface area (Å²) in [7, 11) is 0. The Hall–Kier alpha value is 0.660. The number of nitrogens with two attached hydrogens (primary N) is 1. The molecule has 0 amide bonds. The number of rotatable bonds is 1. The zero-order valence-corrected chi connectivity index (χ0v) is 5.08. The maximum absolute atomic E-state index is 7.75. The Morgan fingerprint density at radius 3 is 1.80 bits per heavy atom. The predicted octanol–water partition coefficient (Wildman–Crippen LogP) is -1.07. The van der Waals surface area contributed by atoms with Gasteiger partial charge in [-0.15, -0.1) is 0 Å². The van der Waals surface area contributed by atoms with Crippen LogP contribution in [-0.4, -0.2) is 18.3 Å². The molecule has 0 aromatic carbocycles. The van der Waals surface area contributed by atoms with E-state index in [1.165, 1.54) is 0 Å². The standard InChI is InChI=1S/C2H7NO.Nb/c3-1-2-4;/h4H,1-3H2;. The monoisotopic (exact) mass is 154 g/mol. The molecule has 0 heterocycles. The molecule has 0 spiro atoms. The third kappa shape index (κ3) is 12.0. The van der Waals surface area contributed by atoms with Crippen molar-refractivity contribution in [3.05, 3.63) is 0 Å². The quantitative estimate of drug-likeness (QED) is 0.472. The van der Waals surface area contributed by atoms with Gasteiger partial charge in [-0.05, 0) is 0 Å². The Balaban J connectivity index is 0. The molecular weight excluding hydrogens is 147 g/mol. The number of hydrogen-bond acceptors (Lipinski definition) is 2. The van der Waals surface area contributed by atoms with Crippen LogP contribution in [0, 0.1) is 0 Å². The van der Waals surface area contributed by atoms with E-state index in [1.54, 1.807) is 0 Å². The van der Waals surface area contributed by atoms with Crippen LogP contribution < -0.4 is 5.73 Å². The molecule has 5 heavy (non-hydrogen) atoms. The van der Waals surface area contributed by atoms with Gasteiger partial charge in [0.2, 0.25) is 0 Å². The average molecular weight is 154 g/mol. The van der Waals surface area contributed by atoms with E-state index < -0.39 is 0 Å². The normalized spacial score (nSPS) is 6.00. The van der Waals surface area contributed by atoms with Crippen LogP contribution in [0.3, 0.4) is 0 Å². The maximum Gasteiger partial charge on any atom is 0.0553 e. The Morgan fingerprint density at radius 2 is 1.80 bits per heavy atom. The van der Waals surface area contributed by atoms with Gasteiger partial charge < -0.3 is 10.8 Å². The minimum absolute atomic E-state index is 0. The summed E-state index contributed by atoms with van der Waals surface area (Å²) in [4.78, 5) is 0. The third-order valence-electron chi connectivity index (χ3n) is 0.129. The van der Waals surface area contributed by atoms with Crippen LogP contribution in [0.15, 0.2) is 0 Å². The molecule has 0 bridgehead atoms. The van der Waals surface area contributed by atoms with Gasteiger partial charge in [0.05, 0.1) is 6.61 Å². The molecule has 0 saturated carbocycles. The van der Waals surface area contributed by atoms with Crippen molar-refractivity contribution < 1.29 is 27.5 Å². The molecule has 0 fully saturated rings. The van der Waals surface area contributed by atoms with Gasteiger partial charge >= 0.3 is 0 Å². The molecule has 0 aromatic rings. The summed E-state index contributed by atoms with van der Waals surface area (Å²) in [6.07, 6.45) is 0. The van der Waals surface area contributed by atoms with Crippen molar-refractivity contribution in [2.75, 3.05) is 13.2 Å². The molecule has 2 nitrogen and oxygen atoms in total. The summed E-state index contributed by atoms with van der Waals surface area (Å²) >= 11 is 0. The van der Waals surface area contributed by atoms with Gasteiger partial charge in [0, 0.05) is 28.9 Å². The van der Waals surface area contributed by atoms with E-state index in [-0.39, 0.29) is 29.0 Å². The van der Waals surface area contributed by atoms with Gasteiger partial charge in [0.15, 0.2) is 0 Å². The van der Waals surface area contributed by atoms with Crippen LogP contribution in [0.5, 0.6) is 0 Å². The first-order valence-corrected chi connectivity index (χ1v) is 1.22. The van der Waals surface area contributed by atoms with E-state index in [0.29, 0.717) is 6.54 Å². The Bertz CT molecular complexity index is 11.6. The fraction of sp³-hybridized carbons (Fsp3) is 1.00. The SMILES string of the molecule is NCCO.[Nb]. The number of aliphatic hydroxyl groups excluding tert-OH is 1. The molecule has 0 saturated heterocycles. The van der Waals surface area contributed by atoms with E-state index in [9.17, 15) is 0 Å². The van der Waals surface area contributed by atoms with Gasteiger partial charge in [-0.1, -0.05) is 0 Å². The molecule has 1 radical (unpaired) electrons. The largest absolute Gasteiger partial charge is 0.395 e. The van der Waals surface area contributed by atoms with Crippen LogP contribution >= 0.6 is 0 Å². The van der Waals surface area contributed by atoms with Crippen LogP contribution in [0.4, 0.5) is 0 Å². The average Bonchev–Trinajstić information content (AvgIpc) is 1.37. The van der Waals surface area contributed by atoms with Gasteiger partial charge in [-0.2, -0.15) is 0 Å². The maximum atomic E-state index is 7.75. The number of aliphatic hydroxyl groups is 1. The zero-order chi connectivity index (χ0) is 3.41. The first kappa shape index (κ1) is 9.18. The van der Waals surface area contributed by atoms with Gasteiger partial charge in [-0.3, -0.25) is 0 Å². The summed E-state index contributed by atoms with van der Waals surface area (Å²) in [5, 5.41) is 7.75. The second-order valence-corrected chi connectivity index (χ2v) is 0.512. The van der Waals surface area contributed by atoms with Crippen molar-refractivity contribution in [1.82, 2.24) is 0 Å². The zero-order valence-electron chi connectivity index (χ0n) is 2.89. The van der Waals surface area contributed by atoms with Crippen LogP contribution in [0.1, 0.15) is 0 Å². The summed E-state index contributed by atoms with van der Waals surface area (Å²) < 4.78 is 0. The molecule has 0 aromatic heterocycles. The minimum atomic E-state index is 0. The molecule has 0 atom stereocenters. The Kier molecular flexibility index (Phi) is 16.2. The first-order chi connectivity index (χ1) is 1.91. The van der Waals surface area contributed by atoms with Crippen molar-refractivity contribution in [3.63, 3.8) is 0 Å². The second kappa shape index (κ2) is 8.82. The van der Waals surface area contributed by atoms with Crippen LogP contribution in [-0.2, 0) is 22.4 Å². The van der Waals surface area contributed by atoms with E-state index in [4.69, 9.17) is 10.8 Å². The molecule has 31 valence electrons. The van der Waals surface area contributed by atoms with E-state index >= 15 is 0 Å². The van der Waals surface area contributed by atoms with E-state index in [0.717, 1.165) is 0 Å². The molecule has 3 N–H and O–H groups in total. The van der Waals surface area contributed by atoms with Crippen LogP contribution in [0.2, 0.25) is 0 Å². The van der Waals surface area contributed by atoms with Gasteiger partial charge in [0.25, 0.3) is 0 Å². The molecule has 0 rings (SSSR count). The van der Waals surface area contributed by atoms with Crippen molar-refractivity contribution in [3.8, 4) is 0 Å². The second-order valence-electron chi connectivity index (χ2n) is 0.512. The summed E-state index contributed by atoms with van der Waals surface area (Å²) in [5.41, 5.74) is 4.78. The fourth-order valence-corrected chi connectivity index (χ4v) is 0. The molecule has 0 aliphatic carbocycles. The van der Waals surface area contributed by atoms with Crippen molar-refractivity contribution in [2.24, 2.45) is 5.73 Å². The van der Waals surface area contributed by atoms with Crippen molar-refractivity contribution in [1.29, 1.82) is 0 Å². The van der Waals surface area contributed by atoms with Crippen LogP contribution in [0.25, 0.3) is 0 Å². The van der Waals surface area contributed by atoms with E-state index in [2.05, 4.69) is 0 Å². The summed E-state index contributed by atoms with van der Waals surface area (Å²) in [6.45, 7) is 0.472. The smallest absolute Gasteiger partial charge is 0.0553 e.